The average Bonchev–Trinajstić information content (AvgIpc) is 1.63. The minimum Gasteiger partial charge on any atom is -0.400 e. The van der Waals surface area contributed by atoms with E-state index in [1.54, 1.807) is 53.7 Å². The first-order valence-electron chi connectivity index (χ1n) is 32.9. The number of Topliss-reactive ketones (excluding diaryl/α,β-unsaturated/α-hetero) is 4. The Morgan fingerprint density at radius 2 is 0.947 bits per heavy atom. The predicted octanol–water partition coefficient (Wildman–Crippen LogP) is 10.5. The lowest BCUT2D eigenvalue weighted by Crippen LogP contribution is -2.52. The molecule has 7 fully saturated rings. The fourth-order valence-corrected chi connectivity index (χ4v) is 14.2. The van der Waals surface area contributed by atoms with Gasteiger partial charge in [-0.2, -0.15) is 0 Å². The van der Waals surface area contributed by atoms with E-state index >= 15 is 0 Å². The van der Waals surface area contributed by atoms with Crippen LogP contribution in [0.25, 0.3) is 43.1 Å². The SMILES string of the molecule is CO.Cc1ncc(-c2cnc3cnc(CC(=O)C4CCN(C5COC5)CC4)cc3c2)s1.Cc1ncc(B2OC(C)(C)C(C)(C)O2)s1.O=C(Cc1cc2cc(Br)cnc2cn1)C1CCN(C2COC2)CC1.O=C(Cc1cc2cc(Br)cnc2cn1)C1CCNCC1.O=C1CCC1. The number of pyridine rings is 6. The van der Waals surface area contributed by atoms with Crippen molar-refractivity contribution in [1.29, 1.82) is 0 Å². The number of halogens is 2. The number of ketones is 4. The summed E-state index contributed by atoms with van der Waals surface area (Å²) >= 11 is 10.1. The van der Waals surface area contributed by atoms with Gasteiger partial charge in [-0.15, -0.1) is 22.7 Å². The van der Waals surface area contributed by atoms with E-state index in [2.05, 4.69) is 121 Å². The van der Waals surface area contributed by atoms with Crippen molar-refractivity contribution in [2.45, 2.75) is 142 Å². The van der Waals surface area contributed by atoms with Gasteiger partial charge >= 0.3 is 7.12 Å². The van der Waals surface area contributed by atoms with Crippen LogP contribution in [0.5, 0.6) is 0 Å². The Morgan fingerprint density at radius 1 is 0.547 bits per heavy atom. The van der Waals surface area contributed by atoms with Gasteiger partial charge in [0.25, 0.3) is 0 Å². The Kier molecular flexibility index (Phi) is 25.6. The van der Waals surface area contributed by atoms with E-state index < -0.39 is 0 Å². The number of thiazole rings is 2. The van der Waals surface area contributed by atoms with Crippen molar-refractivity contribution in [2.24, 2.45) is 17.8 Å². The monoisotopic (exact) mass is 1460 g/mol. The first-order chi connectivity index (χ1) is 45.8. The maximum absolute atomic E-state index is 12.8. The van der Waals surface area contributed by atoms with E-state index in [4.69, 9.17) is 23.9 Å². The summed E-state index contributed by atoms with van der Waals surface area (Å²) in [6.07, 6.45) is 24.1. The zero-order valence-electron chi connectivity index (χ0n) is 55.4. The molecule has 8 aromatic heterocycles. The Bertz CT molecular complexity index is 3900. The summed E-state index contributed by atoms with van der Waals surface area (Å²) < 4.78 is 25.3. The zero-order chi connectivity index (χ0) is 67.2. The minimum absolute atomic E-state index is 0.148. The molecule has 14 heterocycles. The summed E-state index contributed by atoms with van der Waals surface area (Å²) in [5.41, 5.74) is 5.57. The number of ether oxygens (including phenoxy) is 2. The van der Waals surface area contributed by atoms with Crippen molar-refractivity contribution in [2.75, 3.05) is 72.8 Å². The van der Waals surface area contributed by atoms with Gasteiger partial charge in [-0.3, -0.25) is 63.9 Å². The molecule has 0 bridgehead atoms. The summed E-state index contributed by atoms with van der Waals surface area (Å²) in [6, 6.07) is 13.2. The number of nitrogens with zero attached hydrogens (tertiary/aromatic N) is 10. The van der Waals surface area contributed by atoms with E-state index in [1.165, 1.54) is 0 Å². The maximum atomic E-state index is 12.8. The van der Waals surface area contributed by atoms with Crippen LogP contribution in [0.1, 0.15) is 113 Å². The molecule has 0 aromatic carbocycles. The molecule has 0 unspecified atom stereocenters. The summed E-state index contributed by atoms with van der Waals surface area (Å²) in [6.45, 7) is 21.5. The number of likely N-dealkylation sites (tertiary alicyclic amines) is 2. The van der Waals surface area contributed by atoms with Crippen LogP contribution in [0.15, 0.2) is 94.9 Å². The molecule has 7 aliphatic rings. The lowest BCUT2D eigenvalue weighted by Gasteiger charge is -2.41. The second-order valence-corrected chi connectivity index (χ2v) is 30.4. The molecule has 25 heteroatoms. The average molecular weight is 1460 g/mol. The Labute approximate surface area is 581 Å². The van der Waals surface area contributed by atoms with E-state index in [9.17, 15) is 19.2 Å². The fraction of sp³-hybridized carbons (Fsp3) is 0.514. The van der Waals surface area contributed by atoms with Crippen LogP contribution in [0.2, 0.25) is 0 Å². The molecule has 20 nitrogen and oxygen atoms in total. The molecule has 0 spiro atoms. The van der Waals surface area contributed by atoms with Crippen molar-refractivity contribution >= 4 is 122 Å². The lowest BCUT2D eigenvalue weighted by atomic mass is 9.89. The highest BCUT2D eigenvalue weighted by Gasteiger charge is 2.52. The molecule has 15 rings (SSSR count). The molecule has 6 aliphatic heterocycles. The van der Waals surface area contributed by atoms with Crippen LogP contribution in [0, 0.1) is 31.6 Å². The highest BCUT2D eigenvalue weighted by molar-refractivity contribution is 9.10. The summed E-state index contributed by atoms with van der Waals surface area (Å²) in [4.78, 5) is 88.6. The molecule has 2 N–H and O–H groups in total. The van der Waals surface area contributed by atoms with Crippen molar-refractivity contribution in [3.8, 4) is 10.4 Å². The normalized spacial score (nSPS) is 19.2. The third-order valence-electron chi connectivity index (χ3n) is 18.9. The smallest absolute Gasteiger partial charge is 0.400 e. The maximum Gasteiger partial charge on any atom is 0.507 e. The van der Waals surface area contributed by atoms with Crippen LogP contribution in [-0.2, 0) is 57.2 Å². The third-order valence-corrected chi connectivity index (χ3v) is 21.6. The Hall–Kier alpha value is -5.68. The van der Waals surface area contributed by atoms with E-state index in [-0.39, 0.29) is 36.1 Å². The number of aryl methyl sites for hydroxylation is 2. The van der Waals surface area contributed by atoms with Gasteiger partial charge in [0.15, 0.2) is 0 Å². The number of fused-ring (bicyclic) bond motifs is 3. The molecular formula is C70H86BBr2N11O9S2. The van der Waals surface area contributed by atoms with Gasteiger partial charge in [0.2, 0.25) is 0 Å². The summed E-state index contributed by atoms with van der Waals surface area (Å²) in [7, 11) is 0.737. The number of carbonyl (C=O) groups is 4. The van der Waals surface area contributed by atoms with E-state index in [1.807, 2.05) is 62.8 Å². The Balaban J connectivity index is 0.000000136. The van der Waals surface area contributed by atoms with Crippen LogP contribution in [-0.4, -0.2) is 181 Å². The predicted molar refractivity (Wildman–Crippen MR) is 379 cm³/mol. The third kappa shape index (κ3) is 19.6. The van der Waals surface area contributed by atoms with Crippen molar-refractivity contribution < 1.29 is 43.1 Å². The largest absolute Gasteiger partial charge is 0.507 e. The second-order valence-electron chi connectivity index (χ2n) is 26.1. The van der Waals surface area contributed by atoms with Crippen molar-refractivity contribution in [1.82, 2.24) is 55.0 Å². The second kappa shape index (κ2) is 33.7. The summed E-state index contributed by atoms with van der Waals surface area (Å²) in [5.74, 6) is 1.87. The molecule has 0 atom stereocenters. The summed E-state index contributed by atoms with van der Waals surface area (Å²) in [5, 5.41) is 15.4. The number of aliphatic hydroxyl groups is 1. The van der Waals surface area contributed by atoms with Gasteiger partial charge in [-0.25, -0.2) is 4.98 Å². The first kappa shape index (κ1) is 72.1. The topological polar surface area (TPSA) is 247 Å². The highest BCUT2D eigenvalue weighted by atomic mass is 79.9. The van der Waals surface area contributed by atoms with Crippen LogP contribution >= 0.6 is 54.5 Å². The highest BCUT2D eigenvalue weighted by Crippen LogP contribution is 2.37. The van der Waals surface area contributed by atoms with Gasteiger partial charge in [-0.1, -0.05) is 0 Å². The number of aromatic nitrogens is 8. The van der Waals surface area contributed by atoms with Crippen molar-refractivity contribution in [3.05, 3.63) is 122 Å². The first-order valence-corrected chi connectivity index (χ1v) is 36.1. The number of hydrogen-bond donors (Lipinski definition) is 2. The number of carbonyl (C=O) groups excluding carboxylic acids is 4. The lowest BCUT2D eigenvalue weighted by molar-refractivity contribution is -0.126. The van der Waals surface area contributed by atoms with Crippen molar-refractivity contribution in [3.63, 3.8) is 0 Å². The molecule has 6 saturated heterocycles. The Morgan fingerprint density at radius 3 is 1.32 bits per heavy atom. The number of nitrogens with one attached hydrogen (secondary N) is 1. The van der Waals surface area contributed by atoms with Crippen LogP contribution < -0.4 is 10.1 Å². The van der Waals surface area contributed by atoms with Gasteiger partial charge in [-0.05, 0) is 194 Å². The van der Waals surface area contributed by atoms with E-state index in [0.29, 0.717) is 54.5 Å². The quantitative estimate of drug-likeness (QED) is 0.102. The number of aliphatic hydroxyl groups excluding tert-OH is 1. The van der Waals surface area contributed by atoms with Crippen LogP contribution in [0.4, 0.5) is 0 Å². The van der Waals surface area contributed by atoms with Gasteiger partial charge in [0.1, 0.15) is 23.1 Å². The minimum atomic E-state index is -0.268. The standard InChI is InChI=1S/C22H24N4O2S.C18H20BrN3O2.C15H16BrN3O.C10H16BNO2S.C4H6O.CH4O/c1-14-23-11-22(29-14)17-6-16-7-18(24-10-20(16)25-9-17)8-21(27)15-2-4-26(5-3-15)19-12-28-13-19;19-14-5-13-6-15(20-9-17(13)21-8-14)7-18(23)12-1-3-22(4-2-12)16-10-24-11-16;16-12-5-11-6-13(18-9-14(11)19-8-12)7-15(20)10-1-3-17-4-2-10;1-7-12-6-8(15-7)11-13-9(2,3)10(4,5)14-11;5-4-2-1-3-4;1-2/h6-7,9-11,15,19H,2-5,8,12-13H2,1H3;5-6,8-9,12,16H,1-4,7,10-11H2;5-6,8-10,17H,1-4,7H2;6H,1-5H3;1-3H2;2H,1H3. The van der Waals surface area contributed by atoms with Gasteiger partial charge in [0.05, 0.1) is 105 Å². The van der Waals surface area contributed by atoms with E-state index in [0.717, 1.165) is 215 Å². The van der Waals surface area contributed by atoms with Gasteiger partial charge in [0, 0.05) is 136 Å². The molecule has 1 saturated carbocycles. The molecule has 8 aromatic rings. The molecule has 0 radical (unpaired) electrons. The number of rotatable bonds is 13. The molecule has 95 heavy (non-hydrogen) atoms. The molecule has 504 valence electrons. The fourth-order valence-electron chi connectivity index (χ4n) is 12.0. The van der Waals surface area contributed by atoms with Gasteiger partial charge < -0.3 is 29.2 Å². The number of hydrogen-bond acceptors (Lipinski definition) is 22. The number of piperidine rings is 3. The zero-order valence-corrected chi connectivity index (χ0v) is 60.2. The molecule has 0 amide bonds. The van der Waals surface area contributed by atoms with Crippen LogP contribution in [0.3, 0.4) is 0 Å². The molecular weight excluding hydrogens is 1370 g/mol. The molecule has 1 aliphatic carbocycles.